The van der Waals surface area contributed by atoms with Gasteiger partial charge in [-0.15, -0.1) is 0 Å². The van der Waals surface area contributed by atoms with E-state index < -0.39 is 5.91 Å². The van der Waals surface area contributed by atoms with E-state index in [4.69, 9.17) is 21.1 Å². The molecule has 0 bridgehead atoms. The van der Waals surface area contributed by atoms with Gasteiger partial charge in [-0.1, -0.05) is 54.1 Å². The molecule has 0 saturated carbocycles. The molecule has 0 aliphatic carbocycles. The highest BCUT2D eigenvalue weighted by Crippen LogP contribution is 2.36. The number of ether oxygens (including phenoxy) is 2. The number of benzene rings is 3. The van der Waals surface area contributed by atoms with E-state index in [1.165, 1.54) is 13.2 Å². The molecule has 3 rings (SSSR count). The van der Waals surface area contributed by atoms with Gasteiger partial charge in [-0.05, 0) is 47.0 Å². The molecule has 0 heterocycles. The number of hydrogen-bond acceptors (Lipinski definition) is 4. The summed E-state index contributed by atoms with van der Waals surface area (Å²) in [5.41, 5.74) is 6.36. The normalized spacial score (nSPS) is 10.8. The number of hydrazine groups is 1. The van der Waals surface area contributed by atoms with Crippen LogP contribution in [0.1, 0.15) is 18.1 Å². The second kappa shape index (κ2) is 10.5. The van der Waals surface area contributed by atoms with Gasteiger partial charge in [-0.3, -0.25) is 20.4 Å². The smallest absolute Gasteiger partial charge is 0.262 e. The summed E-state index contributed by atoms with van der Waals surface area (Å²) in [5, 5.41) is 2.44. The first kappa shape index (κ1) is 22.2. The molecular weight excluding hydrogens is 416 g/mol. The molecule has 0 saturated heterocycles. The van der Waals surface area contributed by atoms with Crippen molar-refractivity contribution in [3.63, 3.8) is 0 Å². The molecule has 0 aromatic heterocycles. The topological polar surface area (TPSA) is 76.7 Å². The summed E-state index contributed by atoms with van der Waals surface area (Å²) in [4.78, 5) is 24.4. The van der Waals surface area contributed by atoms with E-state index >= 15 is 0 Å². The van der Waals surface area contributed by atoms with E-state index in [1.807, 2.05) is 49.4 Å². The summed E-state index contributed by atoms with van der Waals surface area (Å²) < 4.78 is 10.8. The summed E-state index contributed by atoms with van der Waals surface area (Å²) >= 11 is 6.21. The Kier molecular flexibility index (Phi) is 7.51. The van der Waals surface area contributed by atoms with Gasteiger partial charge < -0.3 is 9.47 Å². The lowest BCUT2D eigenvalue weighted by molar-refractivity contribution is -0.126. The van der Waals surface area contributed by atoms with Gasteiger partial charge in [0.05, 0.1) is 25.2 Å². The highest BCUT2D eigenvalue weighted by Gasteiger charge is 2.11. The molecule has 0 unspecified atom stereocenters. The van der Waals surface area contributed by atoms with Gasteiger partial charge in [0.2, 0.25) is 5.91 Å². The zero-order valence-corrected chi connectivity index (χ0v) is 18.0. The minimum atomic E-state index is -0.476. The highest BCUT2D eigenvalue weighted by molar-refractivity contribution is 6.32. The van der Waals surface area contributed by atoms with Crippen molar-refractivity contribution in [3.05, 3.63) is 76.8 Å². The maximum atomic E-state index is 12.3. The van der Waals surface area contributed by atoms with E-state index in [0.717, 1.165) is 16.3 Å². The molecule has 31 heavy (non-hydrogen) atoms. The molecule has 0 radical (unpaired) electrons. The Bertz CT molecular complexity index is 1120. The maximum Gasteiger partial charge on any atom is 0.262 e. The van der Waals surface area contributed by atoms with Crippen molar-refractivity contribution in [3.8, 4) is 11.5 Å². The van der Waals surface area contributed by atoms with Crippen LogP contribution >= 0.6 is 11.6 Å². The molecule has 0 atom stereocenters. The van der Waals surface area contributed by atoms with Crippen molar-refractivity contribution in [2.45, 2.75) is 13.3 Å². The van der Waals surface area contributed by atoms with Crippen LogP contribution in [0.25, 0.3) is 16.8 Å². The summed E-state index contributed by atoms with van der Waals surface area (Å²) in [6, 6.07) is 17.0. The SMILES string of the molecule is CCOc1cc(/C=C/C(=O)NNC(=O)Cc2cccc3ccccc23)cc(Cl)c1OC. The molecule has 2 N–H and O–H groups in total. The molecule has 7 heteroatoms. The van der Waals surface area contributed by atoms with Crippen molar-refractivity contribution in [2.75, 3.05) is 13.7 Å². The van der Waals surface area contributed by atoms with Crippen molar-refractivity contribution in [1.29, 1.82) is 0 Å². The number of halogens is 1. The molecule has 3 aromatic carbocycles. The van der Waals surface area contributed by atoms with Gasteiger partial charge in [-0.25, -0.2) is 0 Å². The van der Waals surface area contributed by atoms with Gasteiger partial charge in [-0.2, -0.15) is 0 Å². The van der Waals surface area contributed by atoms with Crippen molar-refractivity contribution in [2.24, 2.45) is 0 Å². The third kappa shape index (κ3) is 5.77. The fraction of sp³-hybridized carbons (Fsp3) is 0.167. The second-order valence-electron chi connectivity index (χ2n) is 6.65. The molecule has 3 aromatic rings. The van der Waals surface area contributed by atoms with Crippen molar-refractivity contribution in [1.82, 2.24) is 10.9 Å². The van der Waals surface area contributed by atoms with Gasteiger partial charge in [0.1, 0.15) is 0 Å². The van der Waals surface area contributed by atoms with Crippen LogP contribution in [0.15, 0.2) is 60.7 Å². The molecule has 0 aliphatic rings. The van der Waals surface area contributed by atoms with E-state index in [1.54, 1.807) is 18.2 Å². The number of carbonyl (C=O) groups is 2. The Hall–Kier alpha value is -3.51. The standard InChI is InChI=1S/C24H23ClN2O4/c1-3-31-21-14-16(13-20(25)24(21)30-2)11-12-22(28)26-27-23(29)15-18-9-6-8-17-7-4-5-10-19(17)18/h4-14H,3,15H2,1-2H3,(H,26,28)(H,27,29)/b12-11+. The van der Waals surface area contributed by atoms with Gasteiger partial charge in [0.25, 0.3) is 5.91 Å². The average molecular weight is 439 g/mol. The first-order valence-electron chi connectivity index (χ1n) is 9.75. The zero-order chi connectivity index (χ0) is 22.2. The molecule has 2 amide bonds. The molecular formula is C24H23ClN2O4. The summed E-state index contributed by atoms with van der Waals surface area (Å²) in [7, 11) is 1.51. The van der Waals surface area contributed by atoms with Crippen LogP contribution in [0.5, 0.6) is 11.5 Å². The first-order valence-corrected chi connectivity index (χ1v) is 10.1. The largest absolute Gasteiger partial charge is 0.491 e. The lowest BCUT2D eigenvalue weighted by atomic mass is 10.0. The number of carbonyl (C=O) groups excluding carboxylic acids is 2. The average Bonchev–Trinajstić information content (AvgIpc) is 2.77. The lowest BCUT2D eigenvalue weighted by Gasteiger charge is -2.11. The molecule has 160 valence electrons. The quantitative estimate of drug-likeness (QED) is 0.426. The number of nitrogens with one attached hydrogen (secondary N) is 2. The summed E-state index contributed by atoms with van der Waals surface area (Å²) in [6.45, 7) is 2.30. The molecule has 6 nitrogen and oxygen atoms in total. The van der Waals surface area contributed by atoms with E-state index in [0.29, 0.717) is 28.7 Å². The second-order valence-corrected chi connectivity index (χ2v) is 7.06. The van der Waals surface area contributed by atoms with Gasteiger partial charge >= 0.3 is 0 Å². The van der Waals surface area contributed by atoms with E-state index in [2.05, 4.69) is 10.9 Å². The fourth-order valence-electron chi connectivity index (χ4n) is 3.15. The predicted octanol–water partition coefficient (Wildman–Crippen LogP) is 4.30. The number of hydrogen-bond donors (Lipinski definition) is 2. The van der Waals surface area contributed by atoms with Crippen LogP contribution in [0.3, 0.4) is 0 Å². The minimum absolute atomic E-state index is 0.150. The third-order valence-corrected chi connectivity index (χ3v) is 4.80. The van der Waals surface area contributed by atoms with Gasteiger partial charge in [0.15, 0.2) is 11.5 Å². The monoisotopic (exact) mass is 438 g/mol. The lowest BCUT2D eigenvalue weighted by Crippen LogP contribution is -2.41. The fourth-order valence-corrected chi connectivity index (χ4v) is 3.45. The number of fused-ring (bicyclic) bond motifs is 1. The maximum absolute atomic E-state index is 12.3. The van der Waals surface area contributed by atoms with Crippen LogP contribution in [0.4, 0.5) is 0 Å². The Labute approximate surface area is 185 Å². The van der Waals surface area contributed by atoms with Crippen LogP contribution < -0.4 is 20.3 Å². The molecule has 0 spiro atoms. The summed E-state index contributed by atoms with van der Waals surface area (Å²) in [5.74, 6) is 0.132. The predicted molar refractivity (Wildman–Crippen MR) is 122 cm³/mol. The van der Waals surface area contributed by atoms with Crippen molar-refractivity contribution < 1.29 is 19.1 Å². The van der Waals surface area contributed by atoms with Gasteiger partial charge in [0, 0.05) is 6.08 Å². The number of methoxy groups -OCH3 is 1. The first-order chi connectivity index (χ1) is 15.0. The Morgan fingerprint density at radius 1 is 1.06 bits per heavy atom. The Morgan fingerprint density at radius 3 is 2.61 bits per heavy atom. The van der Waals surface area contributed by atoms with Crippen LogP contribution in [-0.2, 0) is 16.0 Å². The molecule has 0 aliphatic heterocycles. The summed E-state index contributed by atoms with van der Waals surface area (Å²) in [6.07, 6.45) is 3.02. The number of rotatable bonds is 7. The van der Waals surface area contributed by atoms with E-state index in [9.17, 15) is 9.59 Å². The molecule has 0 fully saturated rings. The Balaban J connectivity index is 1.59. The number of amides is 2. The zero-order valence-electron chi connectivity index (χ0n) is 17.3. The third-order valence-electron chi connectivity index (χ3n) is 4.52. The Morgan fingerprint density at radius 2 is 1.84 bits per heavy atom. The van der Waals surface area contributed by atoms with Crippen molar-refractivity contribution >= 4 is 40.3 Å². The van der Waals surface area contributed by atoms with Crippen LogP contribution in [0, 0.1) is 0 Å². The van der Waals surface area contributed by atoms with Crippen LogP contribution in [0.2, 0.25) is 5.02 Å². The minimum Gasteiger partial charge on any atom is -0.491 e. The van der Waals surface area contributed by atoms with E-state index in [-0.39, 0.29) is 12.3 Å². The van der Waals surface area contributed by atoms with Crippen LogP contribution in [-0.4, -0.2) is 25.5 Å². The highest BCUT2D eigenvalue weighted by atomic mass is 35.5.